The number of amides is 2. The second kappa shape index (κ2) is 9.12. The van der Waals surface area contributed by atoms with Crippen LogP contribution in [-0.4, -0.2) is 67.0 Å². The van der Waals surface area contributed by atoms with Crippen molar-refractivity contribution < 1.29 is 18.7 Å². The Bertz CT molecular complexity index is 611. The summed E-state index contributed by atoms with van der Waals surface area (Å²) in [6, 6.07) is 6.26. The van der Waals surface area contributed by atoms with Crippen molar-refractivity contribution in [2.45, 2.75) is 19.0 Å². The Morgan fingerprint density at radius 2 is 2.20 bits per heavy atom. The van der Waals surface area contributed by atoms with Crippen LogP contribution in [-0.2, 0) is 20.9 Å². The summed E-state index contributed by atoms with van der Waals surface area (Å²) in [5, 5.41) is 3.24. The number of nitrogens with one attached hydrogen (secondary N) is 1. The van der Waals surface area contributed by atoms with Crippen molar-refractivity contribution in [1.29, 1.82) is 0 Å². The molecule has 6 nitrogen and oxygen atoms in total. The topological polar surface area (TPSA) is 61.9 Å². The number of morpholine rings is 1. The molecule has 2 saturated heterocycles. The zero-order valence-corrected chi connectivity index (χ0v) is 14.8. The van der Waals surface area contributed by atoms with E-state index >= 15 is 0 Å². The molecule has 0 spiro atoms. The summed E-state index contributed by atoms with van der Waals surface area (Å²) in [4.78, 5) is 27.9. The van der Waals surface area contributed by atoms with Gasteiger partial charge in [0.2, 0.25) is 11.8 Å². The minimum atomic E-state index is -0.309. The van der Waals surface area contributed by atoms with Crippen LogP contribution in [0.4, 0.5) is 4.39 Å². The third kappa shape index (κ3) is 5.39. The summed E-state index contributed by atoms with van der Waals surface area (Å²) in [7, 11) is 0. The molecule has 0 bridgehead atoms. The molecular weight excluding hydrogens is 349 g/mol. The molecule has 8 heteroatoms. The van der Waals surface area contributed by atoms with Crippen molar-refractivity contribution in [3.8, 4) is 0 Å². The molecule has 1 N–H and O–H groups in total. The lowest BCUT2D eigenvalue weighted by Crippen LogP contribution is -2.53. The molecule has 1 aromatic carbocycles. The van der Waals surface area contributed by atoms with Crippen molar-refractivity contribution in [1.82, 2.24) is 15.1 Å². The van der Waals surface area contributed by atoms with Crippen LogP contribution in [0.1, 0.15) is 12.0 Å². The minimum Gasteiger partial charge on any atom is -0.378 e. The molecule has 2 aliphatic heterocycles. The van der Waals surface area contributed by atoms with E-state index in [1.807, 2.05) is 0 Å². The van der Waals surface area contributed by atoms with E-state index < -0.39 is 0 Å². The summed E-state index contributed by atoms with van der Waals surface area (Å²) in [6.07, 6.45) is 0.344. The van der Waals surface area contributed by atoms with Gasteiger partial charge in [-0.2, -0.15) is 0 Å². The summed E-state index contributed by atoms with van der Waals surface area (Å²) in [5.74, 6) is -0.445. The lowest BCUT2D eigenvalue weighted by Gasteiger charge is -2.35. The first-order valence-electron chi connectivity index (χ1n) is 8.23. The third-order valence-corrected chi connectivity index (χ3v) is 4.35. The minimum absolute atomic E-state index is 0. The first kappa shape index (κ1) is 19.6. The van der Waals surface area contributed by atoms with Gasteiger partial charge in [0.05, 0.1) is 19.8 Å². The van der Waals surface area contributed by atoms with Gasteiger partial charge in [-0.25, -0.2) is 4.39 Å². The van der Waals surface area contributed by atoms with Crippen molar-refractivity contribution >= 4 is 24.2 Å². The highest BCUT2D eigenvalue weighted by molar-refractivity contribution is 5.86. The average Bonchev–Trinajstić information content (AvgIpc) is 2.57. The molecular formula is C17H23ClFN3O3. The Balaban J connectivity index is 0.00000225. The Morgan fingerprint density at radius 1 is 1.36 bits per heavy atom. The van der Waals surface area contributed by atoms with Crippen LogP contribution < -0.4 is 5.32 Å². The van der Waals surface area contributed by atoms with E-state index in [1.165, 1.54) is 12.1 Å². The van der Waals surface area contributed by atoms with Crippen LogP contribution in [0, 0.1) is 5.82 Å². The molecule has 1 aromatic rings. The molecule has 138 valence electrons. The normalized spacial score (nSPS) is 21.0. The van der Waals surface area contributed by atoms with Crippen LogP contribution in [0.3, 0.4) is 0 Å². The van der Waals surface area contributed by atoms with Gasteiger partial charge in [0.15, 0.2) is 0 Å². The Hall–Kier alpha value is -1.70. The number of rotatable bonds is 4. The van der Waals surface area contributed by atoms with Crippen molar-refractivity contribution in [2.75, 3.05) is 39.4 Å². The number of nitrogens with zero attached hydrogens (tertiary/aromatic N) is 2. The Kier molecular flexibility index (Phi) is 7.16. The van der Waals surface area contributed by atoms with Gasteiger partial charge in [0, 0.05) is 38.6 Å². The molecule has 2 fully saturated rings. The summed E-state index contributed by atoms with van der Waals surface area (Å²) >= 11 is 0. The van der Waals surface area contributed by atoms with Crippen LogP contribution in [0.2, 0.25) is 0 Å². The van der Waals surface area contributed by atoms with Crippen molar-refractivity contribution in [3.63, 3.8) is 0 Å². The molecule has 1 atom stereocenters. The maximum Gasteiger partial charge on any atom is 0.242 e. The predicted octanol–water partition coefficient (Wildman–Crippen LogP) is 0.797. The maximum atomic E-state index is 13.2. The van der Waals surface area contributed by atoms with E-state index in [0.29, 0.717) is 39.3 Å². The van der Waals surface area contributed by atoms with Gasteiger partial charge in [-0.1, -0.05) is 12.1 Å². The van der Waals surface area contributed by atoms with Crippen LogP contribution in [0.15, 0.2) is 24.3 Å². The summed E-state index contributed by atoms with van der Waals surface area (Å²) in [5.41, 5.74) is 0.756. The highest BCUT2D eigenvalue weighted by atomic mass is 35.5. The number of carbonyl (C=O) groups excluding carboxylic acids is 2. The first-order valence-corrected chi connectivity index (χ1v) is 8.23. The summed E-state index contributed by atoms with van der Waals surface area (Å²) in [6.45, 7) is 3.38. The van der Waals surface area contributed by atoms with Crippen LogP contribution >= 0.6 is 12.4 Å². The second-order valence-corrected chi connectivity index (χ2v) is 6.19. The van der Waals surface area contributed by atoms with E-state index in [9.17, 15) is 14.0 Å². The molecule has 2 aliphatic rings. The van der Waals surface area contributed by atoms with Crippen molar-refractivity contribution in [2.24, 2.45) is 0 Å². The first-order chi connectivity index (χ1) is 11.6. The number of carbonyl (C=O) groups is 2. The molecule has 25 heavy (non-hydrogen) atoms. The van der Waals surface area contributed by atoms with E-state index in [2.05, 4.69) is 5.32 Å². The molecule has 0 saturated carbocycles. The molecule has 2 amide bonds. The van der Waals surface area contributed by atoms with Gasteiger partial charge in [-0.3, -0.25) is 9.59 Å². The number of ether oxygens (including phenoxy) is 1. The van der Waals surface area contributed by atoms with Gasteiger partial charge in [0.1, 0.15) is 5.82 Å². The highest BCUT2D eigenvalue weighted by Gasteiger charge is 2.28. The van der Waals surface area contributed by atoms with E-state index in [1.54, 1.807) is 21.9 Å². The van der Waals surface area contributed by atoms with Gasteiger partial charge in [0.25, 0.3) is 0 Å². The van der Waals surface area contributed by atoms with E-state index in [0.717, 1.165) is 12.1 Å². The fraction of sp³-hybridized carbons (Fsp3) is 0.529. The van der Waals surface area contributed by atoms with Crippen LogP contribution in [0.25, 0.3) is 0 Å². The SMILES string of the molecule is Cl.O=C(CC1COCCN1)N1CCN(Cc2cccc(F)c2)C(=O)C1. The number of halogens is 2. The average molecular weight is 372 g/mol. The molecule has 1 unspecified atom stereocenters. The monoisotopic (exact) mass is 371 g/mol. The second-order valence-electron chi connectivity index (χ2n) is 6.19. The summed E-state index contributed by atoms with van der Waals surface area (Å²) < 4.78 is 18.6. The van der Waals surface area contributed by atoms with Gasteiger partial charge in [-0.05, 0) is 17.7 Å². The number of hydrogen-bond donors (Lipinski definition) is 1. The molecule has 0 radical (unpaired) electrons. The third-order valence-electron chi connectivity index (χ3n) is 4.35. The maximum absolute atomic E-state index is 13.2. The molecule has 2 heterocycles. The predicted molar refractivity (Wildman–Crippen MR) is 92.9 cm³/mol. The van der Waals surface area contributed by atoms with Crippen molar-refractivity contribution in [3.05, 3.63) is 35.6 Å². The lowest BCUT2D eigenvalue weighted by molar-refractivity contribution is -0.146. The van der Waals surface area contributed by atoms with Gasteiger partial charge < -0.3 is 19.9 Å². The zero-order valence-electron chi connectivity index (χ0n) is 13.9. The van der Waals surface area contributed by atoms with E-state index in [-0.39, 0.29) is 42.6 Å². The zero-order chi connectivity index (χ0) is 16.9. The highest BCUT2D eigenvalue weighted by Crippen LogP contribution is 2.12. The molecule has 0 aromatic heterocycles. The number of piperazine rings is 1. The largest absolute Gasteiger partial charge is 0.378 e. The number of hydrogen-bond acceptors (Lipinski definition) is 4. The fourth-order valence-electron chi connectivity index (χ4n) is 3.03. The standard InChI is InChI=1S/C17H22FN3O3.ClH/c18-14-3-1-2-13(8-14)10-20-5-6-21(11-17(20)23)16(22)9-15-12-24-7-4-19-15;/h1-3,8,15,19H,4-7,9-12H2;1H. The fourth-order valence-corrected chi connectivity index (χ4v) is 3.03. The van der Waals surface area contributed by atoms with Crippen LogP contribution in [0.5, 0.6) is 0 Å². The number of benzene rings is 1. The molecule has 0 aliphatic carbocycles. The smallest absolute Gasteiger partial charge is 0.242 e. The molecule has 3 rings (SSSR count). The Morgan fingerprint density at radius 3 is 2.88 bits per heavy atom. The Labute approximate surface area is 152 Å². The quantitative estimate of drug-likeness (QED) is 0.850. The van der Waals surface area contributed by atoms with E-state index in [4.69, 9.17) is 4.74 Å². The van der Waals surface area contributed by atoms with Gasteiger partial charge in [-0.15, -0.1) is 12.4 Å². The lowest BCUT2D eigenvalue weighted by atomic mass is 10.1. The van der Waals surface area contributed by atoms with Gasteiger partial charge >= 0.3 is 0 Å².